The molecule has 0 amide bonds. The molecule has 1 rings (SSSR count). The Bertz CT molecular complexity index is 198. The maximum atomic E-state index is 10.6. The maximum absolute atomic E-state index is 10.6. The minimum atomic E-state index is -5.08. The zero-order chi connectivity index (χ0) is 12.1. The molecule has 1 heterocycles. The molecule has 0 aliphatic carbocycles. The van der Waals surface area contributed by atoms with Crippen molar-refractivity contribution < 1.29 is 23.1 Å². The summed E-state index contributed by atoms with van der Waals surface area (Å²) in [5.74, 6) is -2.76. The highest BCUT2D eigenvalue weighted by molar-refractivity contribution is 5.73. The second-order valence-corrected chi connectivity index (χ2v) is 3.64. The summed E-state index contributed by atoms with van der Waals surface area (Å²) in [6.45, 7) is 7.20. The van der Waals surface area contributed by atoms with E-state index in [1.165, 1.54) is 25.9 Å². The van der Waals surface area contributed by atoms with Crippen LogP contribution in [0.15, 0.2) is 0 Å². The first-order valence-electron chi connectivity index (χ1n) is 4.79. The fourth-order valence-corrected chi connectivity index (χ4v) is 1.26. The van der Waals surface area contributed by atoms with Crippen LogP contribution in [0.1, 0.15) is 26.7 Å². The van der Waals surface area contributed by atoms with Gasteiger partial charge in [-0.2, -0.15) is 13.2 Å². The summed E-state index contributed by atoms with van der Waals surface area (Å²) in [5, 5.41) is 7.12. The fourth-order valence-electron chi connectivity index (χ4n) is 1.26. The van der Waals surface area contributed by atoms with E-state index in [0.29, 0.717) is 0 Å². The average molecular weight is 227 g/mol. The summed E-state index contributed by atoms with van der Waals surface area (Å²) in [7, 11) is 0. The van der Waals surface area contributed by atoms with Gasteiger partial charge in [0.2, 0.25) is 0 Å². The highest BCUT2D eigenvalue weighted by Gasteiger charge is 2.38. The monoisotopic (exact) mass is 227 g/mol. The molecule has 0 unspecified atom stereocenters. The van der Waals surface area contributed by atoms with Crippen LogP contribution >= 0.6 is 0 Å². The number of aliphatic carboxylic acids is 1. The molecule has 0 aromatic rings. The SMILES string of the molecule is CC(C)N1CCCC1.O=C(O)C(F)(F)F. The number of carboxylic acids is 1. The third-order valence-corrected chi connectivity index (χ3v) is 2.11. The van der Waals surface area contributed by atoms with Crippen molar-refractivity contribution in [2.24, 2.45) is 0 Å². The van der Waals surface area contributed by atoms with E-state index in [1.54, 1.807) is 0 Å². The quantitative estimate of drug-likeness (QED) is 0.746. The Hall–Kier alpha value is -0.780. The molecule has 0 aromatic carbocycles. The van der Waals surface area contributed by atoms with Crippen molar-refractivity contribution in [2.45, 2.75) is 38.9 Å². The number of carboxylic acid groups (broad SMARTS) is 1. The van der Waals surface area contributed by atoms with Crippen LogP contribution in [0, 0.1) is 0 Å². The first kappa shape index (κ1) is 14.2. The van der Waals surface area contributed by atoms with Gasteiger partial charge in [0, 0.05) is 6.04 Å². The van der Waals surface area contributed by atoms with Gasteiger partial charge in [0.15, 0.2) is 0 Å². The van der Waals surface area contributed by atoms with E-state index in [-0.39, 0.29) is 0 Å². The third-order valence-electron chi connectivity index (χ3n) is 2.11. The number of carbonyl (C=O) groups is 1. The first-order valence-corrected chi connectivity index (χ1v) is 4.79. The summed E-state index contributed by atoms with van der Waals surface area (Å²) in [6, 6.07) is 0.775. The van der Waals surface area contributed by atoms with E-state index < -0.39 is 12.1 Å². The van der Waals surface area contributed by atoms with Crippen LogP contribution in [0.5, 0.6) is 0 Å². The predicted molar refractivity (Wildman–Crippen MR) is 49.6 cm³/mol. The van der Waals surface area contributed by atoms with Gasteiger partial charge in [-0.1, -0.05) is 0 Å². The normalized spacial score (nSPS) is 17.5. The van der Waals surface area contributed by atoms with Crippen LogP contribution in [-0.2, 0) is 4.79 Å². The van der Waals surface area contributed by atoms with Crippen LogP contribution in [0.4, 0.5) is 13.2 Å². The van der Waals surface area contributed by atoms with Crippen molar-refractivity contribution in [1.82, 2.24) is 4.90 Å². The Kier molecular flexibility index (Phi) is 5.64. The minimum Gasteiger partial charge on any atom is -0.475 e. The van der Waals surface area contributed by atoms with Gasteiger partial charge in [0.05, 0.1) is 0 Å². The van der Waals surface area contributed by atoms with Crippen molar-refractivity contribution in [3.05, 3.63) is 0 Å². The van der Waals surface area contributed by atoms with Gasteiger partial charge in [0.1, 0.15) is 0 Å². The van der Waals surface area contributed by atoms with Gasteiger partial charge in [-0.25, -0.2) is 4.79 Å². The number of hydrogen-bond donors (Lipinski definition) is 1. The first-order chi connectivity index (χ1) is 6.75. The van der Waals surface area contributed by atoms with Gasteiger partial charge >= 0.3 is 12.1 Å². The molecule has 15 heavy (non-hydrogen) atoms. The largest absolute Gasteiger partial charge is 0.490 e. The predicted octanol–water partition coefficient (Wildman–Crippen LogP) is 2.12. The van der Waals surface area contributed by atoms with Crippen LogP contribution in [-0.4, -0.2) is 41.3 Å². The summed E-state index contributed by atoms with van der Waals surface area (Å²) in [5.41, 5.74) is 0. The van der Waals surface area contributed by atoms with Crippen molar-refractivity contribution in [1.29, 1.82) is 0 Å². The van der Waals surface area contributed by atoms with Crippen molar-refractivity contribution in [3.8, 4) is 0 Å². The molecule has 1 aliphatic rings. The van der Waals surface area contributed by atoms with Crippen LogP contribution < -0.4 is 0 Å². The molecule has 1 N–H and O–H groups in total. The van der Waals surface area contributed by atoms with Gasteiger partial charge in [-0.15, -0.1) is 0 Å². The number of rotatable bonds is 1. The maximum Gasteiger partial charge on any atom is 0.490 e. The standard InChI is InChI=1S/C7H15N.C2HF3O2/c1-7(2)8-5-3-4-6-8;3-2(4,5)1(6)7/h7H,3-6H2,1-2H3;(H,6,7). The fraction of sp³-hybridized carbons (Fsp3) is 0.889. The Morgan fingerprint density at radius 2 is 1.60 bits per heavy atom. The molecule has 3 nitrogen and oxygen atoms in total. The number of nitrogens with zero attached hydrogens (tertiary/aromatic N) is 1. The lowest BCUT2D eigenvalue weighted by molar-refractivity contribution is -0.192. The lowest BCUT2D eigenvalue weighted by Crippen LogP contribution is -2.26. The lowest BCUT2D eigenvalue weighted by atomic mass is 10.3. The molecule has 0 radical (unpaired) electrons. The summed E-state index contributed by atoms with van der Waals surface area (Å²) < 4.78 is 31.7. The highest BCUT2D eigenvalue weighted by Crippen LogP contribution is 2.13. The molecular formula is C9H16F3NO2. The molecule has 0 atom stereocenters. The third kappa shape index (κ3) is 6.33. The van der Waals surface area contributed by atoms with Gasteiger partial charge in [-0.3, -0.25) is 0 Å². The molecule has 0 spiro atoms. The van der Waals surface area contributed by atoms with E-state index >= 15 is 0 Å². The van der Waals surface area contributed by atoms with E-state index in [2.05, 4.69) is 18.7 Å². The number of hydrogen-bond acceptors (Lipinski definition) is 2. The van der Waals surface area contributed by atoms with E-state index in [0.717, 1.165) is 6.04 Å². The lowest BCUT2D eigenvalue weighted by Gasteiger charge is -2.18. The Morgan fingerprint density at radius 3 is 1.73 bits per heavy atom. The highest BCUT2D eigenvalue weighted by atomic mass is 19.4. The van der Waals surface area contributed by atoms with Crippen molar-refractivity contribution in [2.75, 3.05) is 13.1 Å². The Labute approximate surface area is 86.9 Å². The van der Waals surface area contributed by atoms with Crippen molar-refractivity contribution >= 4 is 5.97 Å². The van der Waals surface area contributed by atoms with Crippen LogP contribution in [0.2, 0.25) is 0 Å². The number of alkyl halides is 3. The minimum absolute atomic E-state index is 0.775. The Morgan fingerprint density at radius 1 is 1.27 bits per heavy atom. The molecule has 0 saturated carbocycles. The smallest absolute Gasteiger partial charge is 0.475 e. The summed E-state index contributed by atoms with van der Waals surface area (Å²) in [4.78, 5) is 11.4. The van der Waals surface area contributed by atoms with Crippen molar-refractivity contribution in [3.63, 3.8) is 0 Å². The zero-order valence-corrected chi connectivity index (χ0v) is 8.84. The van der Waals surface area contributed by atoms with E-state index in [9.17, 15) is 13.2 Å². The molecule has 90 valence electrons. The summed E-state index contributed by atoms with van der Waals surface area (Å²) in [6.07, 6.45) is -2.25. The molecule has 1 saturated heterocycles. The van der Waals surface area contributed by atoms with Gasteiger partial charge < -0.3 is 10.0 Å². The number of halogens is 3. The molecule has 6 heteroatoms. The number of likely N-dealkylation sites (tertiary alicyclic amines) is 1. The van der Waals surface area contributed by atoms with Crippen LogP contribution in [0.25, 0.3) is 0 Å². The molecule has 1 aliphatic heterocycles. The van der Waals surface area contributed by atoms with E-state index in [1.807, 2.05) is 0 Å². The molecular weight excluding hydrogens is 211 g/mol. The second-order valence-electron chi connectivity index (χ2n) is 3.64. The average Bonchev–Trinajstić information content (AvgIpc) is 2.54. The molecule has 0 aromatic heterocycles. The van der Waals surface area contributed by atoms with E-state index in [4.69, 9.17) is 9.90 Å². The summed E-state index contributed by atoms with van der Waals surface area (Å²) >= 11 is 0. The van der Waals surface area contributed by atoms with Gasteiger partial charge in [0.25, 0.3) is 0 Å². The molecule has 0 bridgehead atoms. The van der Waals surface area contributed by atoms with Crippen LogP contribution in [0.3, 0.4) is 0 Å². The Balaban J connectivity index is 0.000000265. The topological polar surface area (TPSA) is 40.5 Å². The van der Waals surface area contributed by atoms with Gasteiger partial charge in [-0.05, 0) is 39.8 Å². The second kappa shape index (κ2) is 5.95. The molecule has 1 fully saturated rings. The zero-order valence-electron chi connectivity index (χ0n) is 8.84.